The molecular weight excluding hydrogens is 372 g/mol. The molecule has 2 N–H and O–H groups in total. The van der Waals surface area contributed by atoms with Crippen LogP contribution >= 0.6 is 0 Å². The highest BCUT2D eigenvalue weighted by Gasteiger charge is 2.33. The third-order valence-corrected chi connectivity index (χ3v) is 4.78. The van der Waals surface area contributed by atoms with Gasteiger partial charge in [0.2, 0.25) is 11.8 Å². The minimum absolute atomic E-state index is 0.0129. The van der Waals surface area contributed by atoms with E-state index in [1.165, 1.54) is 7.11 Å². The summed E-state index contributed by atoms with van der Waals surface area (Å²) in [6.07, 6.45) is 1.64. The van der Waals surface area contributed by atoms with E-state index in [1.807, 2.05) is 30.3 Å². The monoisotopic (exact) mass is 392 g/mol. The van der Waals surface area contributed by atoms with Gasteiger partial charge in [-0.05, 0) is 17.7 Å². The number of rotatable bonds is 5. The molecule has 0 saturated heterocycles. The van der Waals surface area contributed by atoms with Gasteiger partial charge in [-0.1, -0.05) is 30.3 Å². The fourth-order valence-electron chi connectivity index (χ4n) is 3.33. The Hall–Kier alpha value is -3.81. The molecule has 0 bridgehead atoms. The number of nitrogens with one attached hydrogen (secondary N) is 2. The molecule has 148 valence electrons. The third-order valence-electron chi connectivity index (χ3n) is 4.78. The summed E-state index contributed by atoms with van der Waals surface area (Å²) >= 11 is 0. The van der Waals surface area contributed by atoms with Gasteiger partial charge < -0.3 is 20.1 Å². The number of anilines is 2. The normalized spacial score (nSPS) is 15.2. The molecule has 1 aromatic heterocycles. The number of carbonyl (C=O) groups excluding carboxylic acids is 2. The molecule has 0 aliphatic carbocycles. The number of amides is 2. The van der Waals surface area contributed by atoms with Gasteiger partial charge in [0.05, 0.1) is 32.5 Å². The van der Waals surface area contributed by atoms with Crippen molar-refractivity contribution in [1.29, 1.82) is 0 Å². The number of hydrogen-bond acceptors (Lipinski definition) is 5. The lowest BCUT2D eigenvalue weighted by molar-refractivity contribution is -0.125. The van der Waals surface area contributed by atoms with Crippen LogP contribution in [0.15, 0.2) is 54.7 Å². The predicted octanol–water partition coefficient (Wildman–Crippen LogP) is 3.09. The first kappa shape index (κ1) is 18.5. The van der Waals surface area contributed by atoms with Crippen LogP contribution in [0.3, 0.4) is 0 Å². The molecule has 4 rings (SSSR count). The fourth-order valence-corrected chi connectivity index (χ4v) is 3.33. The second-order valence-corrected chi connectivity index (χ2v) is 6.54. The molecule has 0 radical (unpaired) electrons. The van der Waals surface area contributed by atoms with Crippen molar-refractivity contribution >= 4 is 23.3 Å². The lowest BCUT2D eigenvalue weighted by Gasteiger charge is -2.25. The van der Waals surface area contributed by atoms with E-state index in [0.29, 0.717) is 23.0 Å². The van der Waals surface area contributed by atoms with Crippen molar-refractivity contribution in [1.82, 2.24) is 9.78 Å². The zero-order chi connectivity index (χ0) is 20.4. The Balaban J connectivity index is 1.66. The zero-order valence-corrected chi connectivity index (χ0v) is 16.0. The molecule has 29 heavy (non-hydrogen) atoms. The van der Waals surface area contributed by atoms with E-state index in [2.05, 4.69) is 15.7 Å². The molecule has 2 amide bonds. The first-order valence-corrected chi connectivity index (χ1v) is 9.06. The Bertz CT molecular complexity index is 1060. The highest BCUT2D eigenvalue weighted by atomic mass is 16.5. The lowest BCUT2D eigenvalue weighted by atomic mass is 10.1. The van der Waals surface area contributed by atoms with Crippen LogP contribution < -0.4 is 20.1 Å². The van der Waals surface area contributed by atoms with Crippen molar-refractivity contribution in [3.05, 3.63) is 54.7 Å². The third kappa shape index (κ3) is 3.52. The standard InChI is InChI=1S/C21H20N4O4/c1-28-14-8-9-18(29-2)16(10-14)23-21(27)17-11-19(26)24-20-15(12-22-25(17)20)13-6-4-3-5-7-13/h3-10,12,17H,11H2,1-2H3,(H,23,27)(H,24,26)/t17-/m0/s1. The van der Waals surface area contributed by atoms with Gasteiger partial charge in [-0.25, -0.2) is 4.68 Å². The van der Waals surface area contributed by atoms with Crippen molar-refractivity contribution in [2.45, 2.75) is 12.5 Å². The summed E-state index contributed by atoms with van der Waals surface area (Å²) in [5, 5.41) is 10.0. The average molecular weight is 392 g/mol. The Morgan fingerprint density at radius 3 is 2.69 bits per heavy atom. The summed E-state index contributed by atoms with van der Waals surface area (Å²) in [5.41, 5.74) is 2.12. The summed E-state index contributed by atoms with van der Waals surface area (Å²) in [6, 6.07) is 13.9. The van der Waals surface area contributed by atoms with E-state index in [4.69, 9.17) is 9.47 Å². The quantitative estimate of drug-likeness (QED) is 0.696. The molecule has 0 spiro atoms. The van der Waals surface area contributed by atoms with E-state index in [9.17, 15) is 9.59 Å². The number of hydrogen-bond donors (Lipinski definition) is 2. The molecular formula is C21H20N4O4. The highest BCUT2D eigenvalue weighted by Crippen LogP contribution is 2.35. The van der Waals surface area contributed by atoms with Gasteiger partial charge in [-0.3, -0.25) is 9.59 Å². The first-order chi connectivity index (χ1) is 14.1. The van der Waals surface area contributed by atoms with E-state index in [1.54, 1.807) is 36.2 Å². The van der Waals surface area contributed by atoms with Crippen LogP contribution in [0.4, 0.5) is 11.5 Å². The molecule has 2 aromatic carbocycles. The minimum Gasteiger partial charge on any atom is -0.497 e. The van der Waals surface area contributed by atoms with Gasteiger partial charge in [0.15, 0.2) is 0 Å². The highest BCUT2D eigenvalue weighted by molar-refractivity contribution is 6.03. The Morgan fingerprint density at radius 2 is 1.97 bits per heavy atom. The topological polar surface area (TPSA) is 94.5 Å². The molecule has 3 aromatic rings. The number of benzene rings is 2. The number of carbonyl (C=O) groups is 2. The van der Waals surface area contributed by atoms with Crippen molar-refractivity contribution in [2.75, 3.05) is 24.9 Å². The van der Waals surface area contributed by atoms with Crippen molar-refractivity contribution < 1.29 is 19.1 Å². The smallest absolute Gasteiger partial charge is 0.249 e. The number of fused-ring (bicyclic) bond motifs is 1. The molecule has 1 aliphatic rings. The first-order valence-electron chi connectivity index (χ1n) is 9.06. The second kappa shape index (κ2) is 7.67. The number of aromatic nitrogens is 2. The molecule has 1 aliphatic heterocycles. The van der Waals surface area contributed by atoms with Crippen LogP contribution in [0.1, 0.15) is 12.5 Å². The summed E-state index contributed by atoms with van der Waals surface area (Å²) < 4.78 is 12.1. The summed E-state index contributed by atoms with van der Waals surface area (Å²) in [6.45, 7) is 0. The molecule has 2 heterocycles. The van der Waals surface area contributed by atoms with E-state index < -0.39 is 6.04 Å². The van der Waals surface area contributed by atoms with E-state index in [0.717, 1.165) is 11.1 Å². The molecule has 8 nitrogen and oxygen atoms in total. The molecule has 8 heteroatoms. The van der Waals surface area contributed by atoms with E-state index >= 15 is 0 Å². The van der Waals surface area contributed by atoms with Crippen LogP contribution in [-0.4, -0.2) is 35.8 Å². The summed E-state index contributed by atoms with van der Waals surface area (Å²) in [7, 11) is 3.06. The maximum Gasteiger partial charge on any atom is 0.249 e. The molecule has 1 atom stereocenters. The van der Waals surface area contributed by atoms with Crippen LogP contribution in [0.2, 0.25) is 0 Å². The average Bonchev–Trinajstić information content (AvgIpc) is 3.17. The largest absolute Gasteiger partial charge is 0.497 e. The Kier molecular flexibility index (Phi) is 4.90. The predicted molar refractivity (Wildman–Crippen MR) is 108 cm³/mol. The van der Waals surface area contributed by atoms with Crippen LogP contribution in [0.25, 0.3) is 11.1 Å². The number of methoxy groups -OCH3 is 2. The maximum absolute atomic E-state index is 13.0. The SMILES string of the molecule is COc1ccc(OC)c(NC(=O)[C@@H]2CC(=O)Nc3c(-c4ccccc4)cnn32)c1. The van der Waals surface area contributed by atoms with Gasteiger partial charge in [0, 0.05) is 11.6 Å². The zero-order valence-electron chi connectivity index (χ0n) is 16.0. The summed E-state index contributed by atoms with van der Waals surface area (Å²) in [5.74, 6) is 0.965. The van der Waals surface area contributed by atoms with Crippen LogP contribution in [0.5, 0.6) is 11.5 Å². The van der Waals surface area contributed by atoms with Gasteiger partial charge >= 0.3 is 0 Å². The van der Waals surface area contributed by atoms with Gasteiger partial charge in [0.25, 0.3) is 0 Å². The van der Waals surface area contributed by atoms with Crippen LogP contribution in [-0.2, 0) is 9.59 Å². The van der Waals surface area contributed by atoms with Gasteiger partial charge in [0.1, 0.15) is 23.4 Å². The van der Waals surface area contributed by atoms with Crippen LogP contribution in [0, 0.1) is 0 Å². The fraction of sp³-hybridized carbons (Fsp3) is 0.190. The maximum atomic E-state index is 13.0. The molecule has 0 fully saturated rings. The minimum atomic E-state index is -0.785. The second-order valence-electron chi connectivity index (χ2n) is 6.54. The van der Waals surface area contributed by atoms with E-state index in [-0.39, 0.29) is 18.2 Å². The number of ether oxygens (including phenoxy) is 2. The molecule has 0 saturated carbocycles. The van der Waals surface area contributed by atoms with Crippen molar-refractivity contribution in [2.24, 2.45) is 0 Å². The summed E-state index contributed by atoms with van der Waals surface area (Å²) in [4.78, 5) is 25.4. The van der Waals surface area contributed by atoms with Gasteiger partial charge in [-0.15, -0.1) is 0 Å². The van der Waals surface area contributed by atoms with Crippen molar-refractivity contribution in [3.63, 3.8) is 0 Å². The Labute approximate surface area is 167 Å². The molecule has 0 unspecified atom stereocenters. The lowest BCUT2D eigenvalue weighted by Crippen LogP contribution is -2.35. The van der Waals surface area contributed by atoms with Gasteiger partial charge in [-0.2, -0.15) is 5.10 Å². The number of nitrogens with zero attached hydrogens (tertiary/aromatic N) is 2. The Morgan fingerprint density at radius 1 is 1.17 bits per heavy atom. The van der Waals surface area contributed by atoms with Crippen molar-refractivity contribution in [3.8, 4) is 22.6 Å².